The summed E-state index contributed by atoms with van der Waals surface area (Å²) >= 11 is 0. The Balaban J connectivity index is 1.49. The zero-order valence-electron chi connectivity index (χ0n) is 14.3. The Morgan fingerprint density at radius 2 is 1.92 bits per heavy atom. The van der Waals surface area contributed by atoms with Crippen LogP contribution in [0.4, 0.5) is 0 Å². The number of carboxylic acids is 1. The Morgan fingerprint density at radius 1 is 1.16 bits per heavy atom. The second-order valence-corrected chi connectivity index (χ2v) is 6.35. The molecule has 1 saturated heterocycles. The molecule has 0 radical (unpaired) electrons. The fourth-order valence-electron chi connectivity index (χ4n) is 3.03. The molecule has 0 saturated carbocycles. The van der Waals surface area contributed by atoms with Crippen LogP contribution in [-0.4, -0.2) is 62.7 Å². The number of aryl methyl sites for hydroxylation is 1. The zero-order chi connectivity index (χ0) is 17.8. The van der Waals surface area contributed by atoms with Gasteiger partial charge in [0.25, 0.3) is 0 Å². The van der Waals surface area contributed by atoms with Crippen molar-refractivity contribution in [1.29, 1.82) is 0 Å². The van der Waals surface area contributed by atoms with Crippen LogP contribution in [0.25, 0.3) is 0 Å². The molecule has 1 aromatic heterocycles. The van der Waals surface area contributed by atoms with Crippen molar-refractivity contribution in [3.8, 4) is 0 Å². The number of piperazine rings is 1. The summed E-state index contributed by atoms with van der Waals surface area (Å²) in [6.07, 6.45) is 1.52. The molecule has 2 heterocycles. The topological polar surface area (TPSA) is 78.7 Å². The van der Waals surface area contributed by atoms with Gasteiger partial charge in [0.1, 0.15) is 6.54 Å². The minimum atomic E-state index is -1.09. The Bertz CT molecular complexity index is 763. The van der Waals surface area contributed by atoms with Crippen LogP contribution in [0.5, 0.6) is 0 Å². The normalized spacial score (nSPS) is 15.3. The van der Waals surface area contributed by atoms with E-state index in [0.717, 1.165) is 19.6 Å². The van der Waals surface area contributed by atoms with E-state index in [0.29, 0.717) is 13.1 Å². The standard InChI is InChI=1S/C18H22N4O3/c1-14-3-2-4-15(11-14)12-20-7-9-21(10-8-20)17(23)13-22-6-5-16(19-22)18(24)25/h2-6,11H,7-10,12-13H2,1H3,(H,24,25). The first-order valence-electron chi connectivity index (χ1n) is 8.34. The van der Waals surface area contributed by atoms with Gasteiger partial charge in [0.15, 0.2) is 5.69 Å². The molecule has 1 aliphatic heterocycles. The highest BCUT2D eigenvalue weighted by atomic mass is 16.4. The van der Waals surface area contributed by atoms with Gasteiger partial charge in [-0.1, -0.05) is 29.8 Å². The molecule has 7 nitrogen and oxygen atoms in total. The fourth-order valence-corrected chi connectivity index (χ4v) is 3.03. The number of hydrogen-bond acceptors (Lipinski definition) is 4. The lowest BCUT2D eigenvalue weighted by molar-refractivity contribution is -0.133. The van der Waals surface area contributed by atoms with Crippen LogP contribution in [-0.2, 0) is 17.9 Å². The Kier molecular flexibility index (Phi) is 5.14. The monoisotopic (exact) mass is 342 g/mol. The second kappa shape index (κ2) is 7.48. The molecule has 1 fully saturated rings. The van der Waals surface area contributed by atoms with E-state index in [4.69, 9.17) is 5.11 Å². The number of amides is 1. The molecule has 0 atom stereocenters. The van der Waals surface area contributed by atoms with Crippen molar-refractivity contribution in [3.63, 3.8) is 0 Å². The lowest BCUT2D eigenvalue weighted by Crippen LogP contribution is -2.49. The lowest BCUT2D eigenvalue weighted by atomic mass is 10.1. The number of carbonyl (C=O) groups excluding carboxylic acids is 1. The molecule has 0 unspecified atom stereocenters. The molecule has 132 valence electrons. The minimum Gasteiger partial charge on any atom is -0.476 e. The molecule has 3 rings (SSSR count). The average Bonchev–Trinajstić information content (AvgIpc) is 3.04. The molecule has 1 aliphatic rings. The smallest absolute Gasteiger partial charge is 0.356 e. The van der Waals surface area contributed by atoms with Crippen LogP contribution in [0.1, 0.15) is 21.6 Å². The van der Waals surface area contributed by atoms with Crippen molar-refractivity contribution in [3.05, 3.63) is 53.3 Å². The van der Waals surface area contributed by atoms with Crippen LogP contribution in [0.15, 0.2) is 36.5 Å². The molecular formula is C18H22N4O3. The number of rotatable bonds is 5. The van der Waals surface area contributed by atoms with Crippen molar-refractivity contribution in [2.45, 2.75) is 20.0 Å². The summed E-state index contributed by atoms with van der Waals surface area (Å²) in [6.45, 7) is 6.08. The predicted octanol–water partition coefficient (Wildman–Crippen LogP) is 1.23. The van der Waals surface area contributed by atoms with Gasteiger partial charge in [0.2, 0.25) is 5.91 Å². The number of aromatic carboxylic acids is 1. The second-order valence-electron chi connectivity index (χ2n) is 6.35. The van der Waals surface area contributed by atoms with Gasteiger partial charge in [-0.25, -0.2) is 4.79 Å². The van der Waals surface area contributed by atoms with Gasteiger partial charge in [-0.15, -0.1) is 0 Å². The third kappa shape index (κ3) is 4.45. The molecule has 1 N–H and O–H groups in total. The highest BCUT2D eigenvalue weighted by Gasteiger charge is 2.21. The van der Waals surface area contributed by atoms with Gasteiger partial charge >= 0.3 is 5.97 Å². The first-order chi connectivity index (χ1) is 12.0. The summed E-state index contributed by atoms with van der Waals surface area (Å²) in [5, 5.41) is 12.8. The number of carbonyl (C=O) groups is 2. The third-order valence-corrected chi connectivity index (χ3v) is 4.37. The molecule has 1 amide bonds. The summed E-state index contributed by atoms with van der Waals surface area (Å²) < 4.78 is 1.38. The first-order valence-corrected chi connectivity index (χ1v) is 8.34. The van der Waals surface area contributed by atoms with E-state index in [9.17, 15) is 9.59 Å². The number of nitrogens with zero attached hydrogens (tertiary/aromatic N) is 4. The molecular weight excluding hydrogens is 320 g/mol. The molecule has 0 bridgehead atoms. The maximum absolute atomic E-state index is 12.4. The largest absolute Gasteiger partial charge is 0.476 e. The third-order valence-electron chi connectivity index (χ3n) is 4.37. The maximum atomic E-state index is 12.4. The Morgan fingerprint density at radius 3 is 2.56 bits per heavy atom. The number of benzene rings is 1. The van der Waals surface area contributed by atoms with Gasteiger partial charge in [0, 0.05) is 38.9 Å². The summed E-state index contributed by atoms with van der Waals surface area (Å²) in [6, 6.07) is 9.87. The van der Waals surface area contributed by atoms with E-state index in [1.54, 1.807) is 0 Å². The van der Waals surface area contributed by atoms with Crippen LogP contribution >= 0.6 is 0 Å². The van der Waals surface area contributed by atoms with Gasteiger partial charge in [-0.3, -0.25) is 14.4 Å². The molecule has 0 spiro atoms. The van der Waals surface area contributed by atoms with Crippen LogP contribution in [0, 0.1) is 6.92 Å². The van der Waals surface area contributed by atoms with Crippen molar-refractivity contribution in [2.24, 2.45) is 0 Å². The first kappa shape index (κ1) is 17.2. The summed E-state index contributed by atoms with van der Waals surface area (Å²) in [5.74, 6) is -1.12. The van der Waals surface area contributed by atoms with E-state index >= 15 is 0 Å². The van der Waals surface area contributed by atoms with E-state index in [1.165, 1.54) is 28.1 Å². The average molecular weight is 342 g/mol. The molecule has 7 heteroatoms. The highest BCUT2D eigenvalue weighted by molar-refractivity contribution is 5.85. The molecule has 0 aliphatic carbocycles. The minimum absolute atomic E-state index is 0.0322. The van der Waals surface area contributed by atoms with E-state index in [2.05, 4.69) is 41.2 Å². The van der Waals surface area contributed by atoms with Crippen LogP contribution in [0.3, 0.4) is 0 Å². The summed E-state index contributed by atoms with van der Waals surface area (Å²) in [4.78, 5) is 27.3. The molecule has 1 aromatic carbocycles. The van der Waals surface area contributed by atoms with E-state index in [-0.39, 0.29) is 18.1 Å². The van der Waals surface area contributed by atoms with Crippen LogP contribution < -0.4 is 0 Å². The number of hydrogen-bond donors (Lipinski definition) is 1. The number of carboxylic acid groups (broad SMARTS) is 1. The van der Waals surface area contributed by atoms with Gasteiger partial charge in [-0.2, -0.15) is 5.10 Å². The van der Waals surface area contributed by atoms with E-state index < -0.39 is 5.97 Å². The van der Waals surface area contributed by atoms with Crippen LogP contribution in [0.2, 0.25) is 0 Å². The van der Waals surface area contributed by atoms with Crippen molar-refractivity contribution >= 4 is 11.9 Å². The zero-order valence-corrected chi connectivity index (χ0v) is 14.3. The van der Waals surface area contributed by atoms with Gasteiger partial charge in [-0.05, 0) is 18.6 Å². The van der Waals surface area contributed by atoms with Gasteiger partial charge in [0.05, 0.1) is 0 Å². The van der Waals surface area contributed by atoms with Gasteiger partial charge < -0.3 is 10.0 Å². The maximum Gasteiger partial charge on any atom is 0.356 e. The Hall–Kier alpha value is -2.67. The van der Waals surface area contributed by atoms with E-state index in [1.807, 2.05) is 4.90 Å². The predicted molar refractivity (Wildman–Crippen MR) is 92.2 cm³/mol. The summed E-state index contributed by atoms with van der Waals surface area (Å²) in [7, 11) is 0. The Labute approximate surface area is 146 Å². The molecule has 25 heavy (non-hydrogen) atoms. The SMILES string of the molecule is Cc1cccc(CN2CCN(C(=O)Cn3ccc(C(=O)O)n3)CC2)c1. The van der Waals surface area contributed by atoms with Crippen molar-refractivity contribution in [2.75, 3.05) is 26.2 Å². The highest BCUT2D eigenvalue weighted by Crippen LogP contribution is 2.11. The quantitative estimate of drug-likeness (QED) is 0.884. The number of aromatic nitrogens is 2. The van der Waals surface area contributed by atoms with Crippen molar-refractivity contribution < 1.29 is 14.7 Å². The lowest BCUT2D eigenvalue weighted by Gasteiger charge is -2.34. The van der Waals surface area contributed by atoms with Crippen molar-refractivity contribution in [1.82, 2.24) is 19.6 Å². The fraction of sp³-hybridized carbons (Fsp3) is 0.389. The molecule has 2 aromatic rings. The summed E-state index contributed by atoms with van der Waals surface area (Å²) in [5.41, 5.74) is 2.50.